The Morgan fingerprint density at radius 3 is 2.45 bits per heavy atom. The van der Waals surface area contributed by atoms with E-state index < -0.39 is 27.8 Å². The number of ketones is 1. The molecule has 0 radical (unpaired) electrons. The van der Waals surface area contributed by atoms with E-state index in [1.807, 2.05) is 0 Å². The quantitative estimate of drug-likeness (QED) is 0.821. The highest BCUT2D eigenvalue weighted by Crippen LogP contribution is 2.32. The lowest BCUT2D eigenvalue weighted by Gasteiger charge is -2.10. The highest BCUT2D eigenvalue weighted by Gasteiger charge is 2.39. The fourth-order valence-corrected chi connectivity index (χ4v) is 3.41. The summed E-state index contributed by atoms with van der Waals surface area (Å²) in [5.74, 6) is -1.80. The van der Waals surface area contributed by atoms with Crippen molar-refractivity contribution >= 4 is 27.5 Å². The van der Waals surface area contributed by atoms with Gasteiger partial charge in [-0.25, -0.2) is 0 Å². The predicted octanol–water partition coefficient (Wildman–Crippen LogP) is 2.11. The maximum atomic E-state index is 12.3. The Balaban J connectivity index is 2.19. The summed E-state index contributed by atoms with van der Waals surface area (Å²) in [6.07, 6.45) is -1.03. The maximum Gasteiger partial charge on any atom is 0.309 e. The van der Waals surface area contributed by atoms with Crippen LogP contribution in [0.3, 0.4) is 0 Å². The van der Waals surface area contributed by atoms with Gasteiger partial charge in [0.05, 0.1) is 5.75 Å². The molecule has 0 saturated carbocycles. The van der Waals surface area contributed by atoms with Crippen LogP contribution in [0, 0.1) is 5.92 Å². The van der Waals surface area contributed by atoms with Crippen LogP contribution in [-0.2, 0) is 23.8 Å². The number of carbonyl (C=O) groups excluding carboxylic acids is 1. The molecule has 1 aliphatic rings. The van der Waals surface area contributed by atoms with Crippen LogP contribution in [0.25, 0.3) is 0 Å². The van der Waals surface area contributed by atoms with E-state index in [1.54, 1.807) is 38.1 Å². The van der Waals surface area contributed by atoms with Gasteiger partial charge in [0.15, 0.2) is 6.10 Å². The molecule has 0 spiro atoms. The zero-order valence-electron chi connectivity index (χ0n) is 12.1. The van der Waals surface area contributed by atoms with Crippen molar-refractivity contribution in [3.05, 3.63) is 46.5 Å². The monoisotopic (exact) mass is 345 g/mol. The van der Waals surface area contributed by atoms with Gasteiger partial charge in [0.1, 0.15) is 0 Å². The minimum atomic E-state index is -3.90. The molecule has 0 aromatic heterocycles. The third-order valence-electron chi connectivity index (χ3n) is 2.85. The summed E-state index contributed by atoms with van der Waals surface area (Å²) in [5.41, 5.74) is 6.10. The first-order valence-electron chi connectivity index (χ1n) is 6.58. The number of carbonyl (C=O) groups is 1. The number of Topliss-reactive ketones (excluding diaryl/α,β-unsaturated/α-hetero) is 1. The molecule has 0 saturated heterocycles. The largest absolute Gasteiger partial charge is 0.460 e. The standard InChI is InChI=1S/C14H16ClNO5S/c1-8(2)7-22(18,19)21-13-11(17)12(20-14(13)16)9-3-5-10(15)6-4-9/h3-6,8,12H,7,16H2,1-2H3. The van der Waals surface area contributed by atoms with Crippen LogP contribution in [0.2, 0.25) is 5.02 Å². The van der Waals surface area contributed by atoms with Crippen molar-refractivity contribution in [1.82, 2.24) is 0 Å². The van der Waals surface area contributed by atoms with Crippen molar-refractivity contribution in [2.75, 3.05) is 5.75 Å². The molecule has 1 unspecified atom stereocenters. The Kier molecular flexibility index (Phi) is 4.67. The number of benzene rings is 1. The first-order valence-corrected chi connectivity index (χ1v) is 8.53. The first-order chi connectivity index (χ1) is 10.2. The van der Waals surface area contributed by atoms with Crippen molar-refractivity contribution < 1.29 is 22.1 Å². The van der Waals surface area contributed by atoms with Crippen LogP contribution in [0.5, 0.6) is 0 Å². The second-order valence-electron chi connectivity index (χ2n) is 5.31. The van der Waals surface area contributed by atoms with Crippen molar-refractivity contribution in [3.8, 4) is 0 Å². The molecule has 120 valence electrons. The molecule has 1 atom stereocenters. The first kappa shape index (κ1) is 16.6. The Morgan fingerprint density at radius 2 is 1.91 bits per heavy atom. The number of nitrogens with two attached hydrogens (primary N) is 1. The Bertz CT molecular complexity index is 709. The van der Waals surface area contributed by atoms with Crippen molar-refractivity contribution in [1.29, 1.82) is 0 Å². The van der Waals surface area contributed by atoms with Gasteiger partial charge >= 0.3 is 10.1 Å². The molecule has 1 heterocycles. The van der Waals surface area contributed by atoms with Gasteiger partial charge < -0.3 is 14.7 Å². The predicted molar refractivity (Wildman–Crippen MR) is 81.2 cm³/mol. The molecule has 0 aliphatic carbocycles. The van der Waals surface area contributed by atoms with Gasteiger partial charge in [-0.3, -0.25) is 4.79 Å². The zero-order valence-corrected chi connectivity index (χ0v) is 13.6. The van der Waals surface area contributed by atoms with E-state index in [0.29, 0.717) is 10.6 Å². The number of hydrogen-bond acceptors (Lipinski definition) is 6. The summed E-state index contributed by atoms with van der Waals surface area (Å²) in [6, 6.07) is 6.39. The molecule has 2 rings (SSSR count). The minimum absolute atomic E-state index is 0.142. The molecule has 0 fully saturated rings. The fourth-order valence-electron chi connectivity index (χ4n) is 1.98. The second-order valence-corrected chi connectivity index (χ2v) is 7.36. The summed E-state index contributed by atoms with van der Waals surface area (Å²) < 4.78 is 33.8. The van der Waals surface area contributed by atoms with Gasteiger partial charge in [0.25, 0.3) is 0 Å². The number of rotatable bonds is 5. The molecule has 6 nitrogen and oxygen atoms in total. The van der Waals surface area contributed by atoms with Crippen LogP contribution in [0.4, 0.5) is 0 Å². The van der Waals surface area contributed by atoms with Gasteiger partial charge in [0, 0.05) is 10.6 Å². The van der Waals surface area contributed by atoms with Crippen molar-refractivity contribution in [2.45, 2.75) is 20.0 Å². The highest BCUT2D eigenvalue weighted by molar-refractivity contribution is 7.86. The number of halogens is 1. The molecule has 2 N–H and O–H groups in total. The summed E-state index contributed by atoms with van der Waals surface area (Å²) in [6.45, 7) is 3.45. The molecule has 22 heavy (non-hydrogen) atoms. The zero-order chi connectivity index (χ0) is 16.5. The lowest BCUT2D eigenvalue weighted by Crippen LogP contribution is -2.19. The molecular formula is C14H16ClNO5S. The Labute approximate surface area is 134 Å². The normalized spacial score (nSPS) is 18.7. The summed E-state index contributed by atoms with van der Waals surface area (Å²) in [7, 11) is -3.90. The van der Waals surface area contributed by atoms with E-state index in [2.05, 4.69) is 0 Å². The lowest BCUT2D eigenvalue weighted by atomic mass is 10.1. The SMILES string of the molecule is CC(C)CS(=O)(=O)OC1=C(N)OC(c2ccc(Cl)cc2)C1=O. The summed E-state index contributed by atoms with van der Waals surface area (Å²) >= 11 is 5.78. The molecule has 1 aromatic carbocycles. The van der Waals surface area contributed by atoms with Crippen molar-refractivity contribution in [3.63, 3.8) is 0 Å². The molecule has 1 aliphatic heterocycles. The smallest absolute Gasteiger partial charge is 0.309 e. The third-order valence-corrected chi connectivity index (χ3v) is 4.60. The highest BCUT2D eigenvalue weighted by atomic mass is 35.5. The average Bonchev–Trinajstić information content (AvgIpc) is 2.66. The van der Waals surface area contributed by atoms with Crippen LogP contribution in [0.1, 0.15) is 25.5 Å². The van der Waals surface area contributed by atoms with Gasteiger partial charge in [0.2, 0.25) is 17.4 Å². The maximum absolute atomic E-state index is 12.3. The number of ether oxygens (including phenoxy) is 1. The van der Waals surface area contributed by atoms with Crippen LogP contribution in [-0.4, -0.2) is 20.0 Å². The molecule has 0 amide bonds. The minimum Gasteiger partial charge on any atom is -0.460 e. The molecular weight excluding hydrogens is 330 g/mol. The van der Waals surface area contributed by atoms with E-state index in [0.717, 1.165) is 0 Å². The van der Waals surface area contributed by atoms with E-state index >= 15 is 0 Å². The fraction of sp³-hybridized carbons (Fsp3) is 0.357. The number of hydrogen-bond donors (Lipinski definition) is 1. The van der Waals surface area contributed by atoms with Gasteiger partial charge in [-0.15, -0.1) is 0 Å². The van der Waals surface area contributed by atoms with E-state index in [-0.39, 0.29) is 17.6 Å². The van der Waals surface area contributed by atoms with Crippen LogP contribution >= 0.6 is 11.6 Å². The van der Waals surface area contributed by atoms with Crippen LogP contribution < -0.4 is 5.73 Å². The lowest BCUT2D eigenvalue weighted by molar-refractivity contribution is -0.123. The average molecular weight is 346 g/mol. The van der Waals surface area contributed by atoms with Crippen LogP contribution in [0.15, 0.2) is 35.9 Å². The Hall–Kier alpha value is -1.73. The molecule has 0 bridgehead atoms. The Morgan fingerprint density at radius 1 is 1.32 bits per heavy atom. The molecule has 1 aromatic rings. The molecule has 8 heteroatoms. The van der Waals surface area contributed by atoms with E-state index in [9.17, 15) is 13.2 Å². The van der Waals surface area contributed by atoms with E-state index in [4.69, 9.17) is 26.3 Å². The van der Waals surface area contributed by atoms with Gasteiger partial charge in [-0.2, -0.15) is 8.42 Å². The van der Waals surface area contributed by atoms with Crippen molar-refractivity contribution in [2.24, 2.45) is 11.7 Å². The summed E-state index contributed by atoms with van der Waals surface area (Å²) in [4.78, 5) is 12.3. The third kappa shape index (κ3) is 3.72. The topological polar surface area (TPSA) is 95.7 Å². The summed E-state index contributed by atoms with van der Waals surface area (Å²) in [5, 5.41) is 0.506. The van der Waals surface area contributed by atoms with E-state index in [1.165, 1.54) is 0 Å². The second kappa shape index (κ2) is 6.18. The van der Waals surface area contributed by atoms with Gasteiger partial charge in [-0.1, -0.05) is 37.6 Å². The van der Waals surface area contributed by atoms with Gasteiger partial charge in [-0.05, 0) is 18.1 Å².